The van der Waals surface area contributed by atoms with Crippen LogP contribution in [0, 0.1) is 5.92 Å². The highest BCUT2D eigenvalue weighted by atomic mass is 127. The van der Waals surface area contributed by atoms with E-state index >= 15 is 0 Å². The minimum atomic E-state index is -0.304. The molecule has 0 spiro atoms. The number of ether oxygens (including phenoxy) is 2. The van der Waals surface area contributed by atoms with E-state index in [-0.39, 0.29) is 30.1 Å². The molecule has 3 rings (SSSR count). The highest BCUT2D eigenvalue weighted by Crippen LogP contribution is 2.24. The maximum absolute atomic E-state index is 12.2. The molecule has 1 aliphatic heterocycles. The second-order valence-electron chi connectivity index (χ2n) is 5.92. The molecule has 1 heterocycles. The second kappa shape index (κ2) is 9.62. The van der Waals surface area contributed by atoms with Crippen LogP contribution in [0.2, 0.25) is 0 Å². The van der Waals surface area contributed by atoms with Crippen molar-refractivity contribution in [3.05, 3.63) is 54.6 Å². The number of likely N-dealkylation sites (tertiary alicyclic amines) is 1. The lowest BCUT2D eigenvalue weighted by Crippen LogP contribution is -2.41. The van der Waals surface area contributed by atoms with Crippen molar-refractivity contribution in [3.63, 3.8) is 0 Å². The van der Waals surface area contributed by atoms with Gasteiger partial charge in [-0.05, 0) is 61.7 Å². The largest absolute Gasteiger partial charge is 0.457 e. The summed E-state index contributed by atoms with van der Waals surface area (Å²) in [5.74, 6) is 2.50. The Kier molecular flexibility index (Phi) is 7.52. The summed E-state index contributed by atoms with van der Waals surface area (Å²) in [5, 5.41) is 0. The highest BCUT2D eigenvalue weighted by molar-refractivity contribution is 14.0. The molecule has 1 aliphatic rings. The van der Waals surface area contributed by atoms with E-state index in [1.54, 1.807) is 29.2 Å². The van der Waals surface area contributed by atoms with Crippen LogP contribution in [0.25, 0.3) is 0 Å². The summed E-state index contributed by atoms with van der Waals surface area (Å²) < 4.78 is 11.1. The van der Waals surface area contributed by atoms with E-state index < -0.39 is 0 Å². The summed E-state index contributed by atoms with van der Waals surface area (Å²) in [6, 6.07) is 16.6. The van der Waals surface area contributed by atoms with Gasteiger partial charge in [-0.25, -0.2) is 4.79 Å². The Morgan fingerprint density at radius 2 is 1.52 bits per heavy atom. The van der Waals surface area contributed by atoms with E-state index in [0.717, 1.165) is 18.6 Å². The first-order valence-corrected chi connectivity index (χ1v) is 8.24. The van der Waals surface area contributed by atoms with Crippen LogP contribution in [0.3, 0.4) is 0 Å². The van der Waals surface area contributed by atoms with Gasteiger partial charge in [0.05, 0.1) is 0 Å². The van der Waals surface area contributed by atoms with Gasteiger partial charge in [0.2, 0.25) is 0 Å². The zero-order chi connectivity index (χ0) is 16.8. The molecule has 0 saturated carbocycles. The van der Waals surface area contributed by atoms with Gasteiger partial charge in [-0.15, -0.1) is 24.0 Å². The van der Waals surface area contributed by atoms with Crippen LogP contribution in [0.1, 0.15) is 12.8 Å². The van der Waals surface area contributed by atoms with Crippen LogP contribution < -0.4 is 15.2 Å². The van der Waals surface area contributed by atoms with E-state index in [4.69, 9.17) is 15.2 Å². The second-order valence-corrected chi connectivity index (χ2v) is 5.92. The molecule has 0 unspecified atom stereocenters. The standard InChI is InChI=1S/C19H22N2O3.HI/c20-14-15-10-12-21(13-11-15)19(22)24-18-8-6-17(7-9-18)23-16-4-2-1-3-5-16;/h1-9,15H,10-14,20H2;1H. The van der Waals surface area contributed by atoms with Crippen molar-refractivity contribution in [2.24, 2.45) is 11.7 Å². The monoisotopic (exact) mass is 454 g/mol. The van der Waals surface area contributed by atoms with Crippen molar-refractivity contribution in [2.45, 2.75) is 12.8 Å². The van der Waals surface area contributed by atoms with Crippen LogP contribution in [0.5, 0.6) is 17.2 Å². The molecular weight excluding hydrogens is 431 g/mol. The molecule has 0 bridgehead atoms. The quantitative estimate of drug-likeness (QED) is 0.702. The minimum Gasteiger partial charge on any atom is -0.457 e. The van der Waals surface area contributed by atoms with Crippen molar-refractivity contribution >= 4 is 30.1 Å². The topological polar surface area (TPSA) is 64.8 Å². The summed E-state index contributed by atoms with van der Waals surface area (Å²) in [6.07, 6.45) is 1.58. The van der Waals surface area contributed by atoms with Gasteiger partial charge in [-0.1, -0.05) is 18.2 Å². The minimum absolute atomic E-state index is 0. The highest BCUT2D eigenvalue weighted by Gasteiger charge is 2.23. The molecule has 1 amide bonds. The number of nitrogens with two attached hydrogens (primary N) is 1. The number of amides is 1. The lowest BCUT2D eigenvalue weighted by Gasteiger charge is -2.30. The third-order valence-corrected chi connectivity index (χ3v) is 4.21. The number of halogens is 1. The molecule has 0 aliphatic carbocycles. The van der Waals surface area contributed by atoms with Crippen molar-refractivity contribution in [1.82, 2.24) is 4.90 Å². The molecule has 134 valence electrons. The van der Waals surface area contributed by atoms with Crippen molar-refractivity contribution < 1.29 is 14.3 Å². The molecule has 5 nitrogen and oxygen atoms in total. The summed E-state index contributed by atoms with van der Waals surface area (Å²) in [7, 11) is 0. The van der Waals surface area contributed by atoms with Gasteiger partial charge < -0.3 is 20.1 Å². The van der Waals surface area contributed by atoms with E-state index in [2.05, 4.69) is 0 Å². The molecule has 2 aromatic carbocycles. The summed E-state index contributed by atoms with van der Waals surface area (Å²) in [4.78, 5) is 13.9. The molecule has 6 heteroatoms. The fourth-order valence-corrected chi connectivity index (χ4v) is 2.72. The smallest absolute Gasteiger partial charge is 0.415 e. The molecule has 1 fully saturated rings. The molecule has 25 heavy (non-hydrogen) atoms. The van der Waals surface area contributed by atoms with E-state index in [1.165, 1.54) is 0 Å². The SMILES string of the molecule is I.NCC1CCN(C(=O)Oc2ccc(Oc3ccccc3)cc2)CC1. The lowest BCUT2D eigenvalue weighted by molar-refractivity contribution is 0.132. The number of nitrogens with zero attached hydrogens (tertiary/aromatic N) is 1. The number of benzene rings is 2. The van der Waals surface area contributed by atoms with Crippen molar-refractivity contribution in [3.8, 4) is 17.2 Å². The maximum atomic E-state index is 12.2. The van der Waals surface area contributed by atoms with Gasteiger partial charge in [0.25, 0.3) is 0 Å². The van der Waals surface area contributed by atoms with Crippen LogP contribution in [-0.4, -0.2) is 30.6 Å². The fraction of sp³-hybridized carbons (Fsp3) is 0.316. The molecule has 0 aromatic heterocycles. The molecular formula is C19H23IN2O3. The Morgan fingerprint density at radius 3 is 2.12 bits per heavy atom. The number of hydrogen-bond donors (Lipinski definition) is 1. The number of piperidine rings is 1. The predicted octanol–water partition coefficient (Wildman–Crippen LogP) is 4.27. The van der Waals surface area contributed by atoms with Gasteiger partial charge in [-0.2, -0.15) is 0 Å². The maximum Gasteiger partial charge on any atom is 0.415 e. The fourth-order valence-electron chi connectivity index (χ4n) is 2.72. The van der Waals surface area contributed by atoms with E-state index in [9.17, 15) is 4.79 Å². The Morgan fingerprint density at radius 1 is 0.960 bits per heavy atom. The van der Waals surface area contributed by atoms with Gasteiger partial charge in [-0.3, -0.25) is 0 Å². The first kappa shape index (κ1) is 19.5. The third-order valence-electron chi connectivity index (χ3n) is 4.21. The molecule has 2 N–H and O–H groups in total. The Hall–Kier alpha value is -1.80. The van der Waals surface area contributed by atoms with Crippen LogP contribution >= 0.6 is 24.0 Å². The van der Waals surface area contributed by atoms with Crippen LogP contribution in [0.4, 0.5) is 4.79 Å². The zero-order valence-electron chi connectivity index (χ0n) is 14.0. The van der Waals surface area contributed by atoms with Gasteiger partial charge in [0.1, 0.15) is 17.2 Å². The van der Waals surface area contributed by atoms with Crippen LogP contribution in [0.15, 0.2) is 54.6 Å². The first-order valence-electron chi connectivity index (χ1n) is 8.24. The normalized spacial score (nSPS) is 14.5. The van der Waals surface area contributed by atoms with E-state index in [0.29, 0.717) is 37.1 Å². The predicted molar refractivity (Wildman–Crippen MR) is 108 cm³/mol. The number of rotatable bonds is 4. The molecule has 1 saturated heterocycles. The van der Waals surface area contributed by atoms with Crippen molar-refractivity contribution in [1.29, 1.82) is 0 Å². The average molecular weight is 454 g/mol. The summed E-state index contributed by atoms with van der Waals surface area (Å²) in [6.45, 7) is 2.09. The van der Waals surface area contributed by atoms with Gasteiger partial charge in [0.15, 0.2) is 0 Å². The third kappa shape index (κ3) is 5.61. The number of para-hydroxylation sites is 1. The van der Waals surface area contributed by atoms with Crippen molar-refractivity contribution in [2.75, 3.05) is 19.6 Å². The number of hydrogen-bond acceptors (Lipinski definition) is 4. The number of carbonyl (C=O) groups is 1. The summed E-state index contributed by atoms with van der Waals surface area (Å²) in [5.41, 5.74) is 5.67. The summed E-state index contributed by atoms with van der Waals surface area (Å²) >= 11 is 0. The zero-order valence-corrected chi connectivity index (χ0v) is 16.3. The molecule has 0 radical (unpaired) electrons. The molecule has 2 aromatic rings. The lowest BCUT2D eigenvalue weighted by atomic mass is 9.97. The van der Waals surface area contributed by atoms with Gasteiger partial charge >= 0.3 is 6.09 Å². The Labute approximate surface area is 165 Å². The first-order chi connectivity index (χ1) is 11.7. The average Bonchev–Trinajstić information content (AvgIpc) is 2.64. The number of carbonyl (C=O) groups excluding carboxylic acids is 1. The Bertz CT molecular complexity index is 656. The van der Waals surface area contributed by atoms with Crippen LogP contribution in [-0.2, 0) is 0 Å². The Balaban J connectivity index is 0.00000225. The van der Waals surface area contributed by atoms with Gasteiger partial charge in [0, 0.05) is 13.1 Å². The molecule has 0 atom stereocenters. The van der Waals surface area contributed by atoms with E-state index in [1.807, 2.05) is 30.3 Å².